The molecule has 0 bridgehead atoms. The lowest BCUT2D eigenvalue weighted by atomic mass is 9.79. The van der Waals surface area contributed by atoms with Crippen LogP contribution in [0.3, 0.4) is 0 Å². The Morgan fingerprint density at radius 3 is 3.00 bits per heavy atom. The molecule has 0 saturated heterocycles. The molecule has 0 nitrogen and oxygen atoms in total. The first kappa shape index (κ1) is 8.10. The standard InChI is InChI=1S/C12H18/c1-3-10-4-5-11-6-9(2)7-12(11)8-10/h6-7,10-11H,3-5,8H2,1-2H3. The molecule has 0 amide bonds. The Hall–Kier alpha value is -0.520. The van der Waals surface area contributed by atoms with Gasteiger partial charge < -0.3 is 0 Å². The van der Waals surface area contributed by atoms with Gasteiger partial charge in [0, 0.05) is 0 Å². The lowest BCUT2D eigenvalue weighted by Crippen LogP contribution is -2.13. The number of fused-ring (bicyclic) bond motifs is 1. The monoisotopic (exact) mass is 162 g/mol. The molecule has 0 N–H and O–H groups in total. The molecule has 0 aromatic carbocycles. The molecule has 0 aromatic rings. The van der Waals surface area contributed by atoms with E-state index >= 15 is 0 Å². The Morgan fingerprint density at radius 2 is 2.25 bits per heavy atom. The summed E-state index contributed by atoms with van der Waals surface area (Å²) in [5, 5.41) is 0. The lowest BCUT2D eigenvalue weighted by Gasteiger charge is -2.26. The number of rotatable bonds is 1. The van der Waals surface area contributed by atoms with Gasteiger partial charge in [0.2, 0.25) is 0 Å². The Kier molecular flexibility index (Phi) is 2.08. The maximum absolute atomic E-state index is 2.45. The quantitative estimate of drug-likeness (QED) is 0.551. The Labute approximate surface area is 75.4 Å². The van der Waals surface area contributed by atoms with Gasteiger partial charge in [-0.1, -0.05) is 36.6 Å². The summed E-state index contributed by atoms with van der Waals surface area (Å²) in [7, 11) is 0. The van der Waals surface area contributed by atoms with Crippen molar-refractivity contribution >= 4 is 0 Å². The van der Waals surface area contributed by atoms with E-state index in [9.17, 15) is 0 Å². The van der Waals surface area contributed by atoms with Gasteiger partial charge in [-0.15, -0.1) is 0 Å². The van der Waals surface area contributed by atoms with Crippen LogP contribution in [0.4, 0.5) is 0 Å². The minimum Gasteiger partial charge on any atom is -0.0744 e. The van der Waals surface area contributed by atoms with Gasteiger partial charge in [0.25, 0.3) is 0 Å². The first-order valence-corrected chi connectivity index (χ1v) is 5.18. The fourth-order valence-electron chi connectivity index (χ4n) is 2.55. The van der Waals surface area contributed by atoms with Crippen molar-refractivity contribution in [3.8, 4) is 0 Å². The molecule has 1 saturated carbocycles. The number of allylic oxidation sites excluding steroid dienone is 4. The summed E-state index contributed by atoms with van der Waals surface area (Å²) in [4.78, 5) is 0. The van der Waals surface area contributed by atoms with Crippen molar-refractivity contribution in [2.75, 3.05) is 0 Å². The molecule has 12 heavy (non-hydrogen) atoms. The van der Waals surface area contributed by atoms with Crippen LogP contribution < -0.4 is 0 Å². The normalized spacial score (nSPS) is 34.2. The summed E-state index contributed by atoms with van der Waals surface area (Å²) in [6.45, 7) is 4.55. The highest BCUT2D eigenvalue weighted by molar-refractivity contribution is 5.35. The summed E-state index contributed by atoms with van der Waals surface area (Å²) in [6.07, 6.45) is 10.4. The van der Waals surface area contributed by atoms with E-state index in [0.717, 1.165) is 11.8 Å². The van der Waals surface area contributed by atoms with E-state index in [1.54, 1.807) is 5.57 Å². The third-order valence-electron chi connectivity index (χ3n) is 3.34. The summed E-state index contributed by atoms with van der Waals surface area (Å²) >= 11 is 0. The van der Waals surface area contributed by atoms with Crippen LogP contribution in [-0.2, 0) is 0 Å². The second kappa shape index (κ2) is 3.08. The fraction of sp³-hybridized carbons (Fsp3) is 0.667. The van der Waals surface area contributed by atoms with Crippen LogP contribution in [0.2, 0.25) is 0 Å². The molecule has 0 spiro atoms. The molecule has 1 fully saturated rings. The molecule has 2 aliphatic carbocycles. The van der Waals surface area contributed by atoms with Gasteiger partial charge in [0.05, 0.1) is 0 Å². The largest absolute Gasteiger partial charge is 0.0744 e. The molecule has 66 valence electrons. The molecule has 0 heterocycles. The Morgan fingerprint density at radius 1 is 1.42 bits per heavy atom. The lowest BCUT2D eigenvalue weighted by molar-refractivity contribution is 0.374. The second-order valence-electron chi connectivity index (χ2n) is 4.29. The van der Waals surface area contributed by atoms with Gasteiger partial charge in [0.1, 0.15) is 0 Å². The van der Waals surface area contributed by atoms with Crippen molar-refractivity contribution in [3.05, 3.63) is 23.3 Å². The van der Waals surface area contributed by atoms with Crippen LogP contribution >= 0.6 is 0 Å². The molecule has 0 radical (unpaired) electrons. The molecule has 2 atom stereocenters. The molecule has 2 rings (SSSR count). The van der Waals surface area contributed by atoms with E-state index < -0.39 is 0 Å². The van der Waals surface area contributed by atoms with E-state index in [1.807, 2.05) is 0 Å². The van der Waals surface area contributed by atoms with Crippen molar-refractivity contribution in [2.45, 2.75) is 39.5 Å². The van der Waals surface area contributed by atoms with Crippen molar-refractivity contribution in [1.29, 1.82) is 0 Å². The molecule has 0 heteroatoms. The summed E-state index contributed by atoms with van der Waals surface area (Å²) in [5.74, 6) is 1.81. The minimum absolute atomic E-state index is 0.827. The van der Waals surface area contributed by atoms with Crippen molar-refractivity contribution < 1.29 is 0 Å². The molecule has 0 aliphatic heterocycles. The average molecular weight is 162 g/mol. The van der Waals surface area contributed by atoms with Gasteiger partial charge in [-0.2, -0.15) is 0 Å². The number of hydrogen-bond acceptors (Lipinski definition) is 0. The first-order valence-electron chi connectivity index (χ1n) is 5.18. The Bertz CT molecular complexity index is 232. The molecular weight excluding hydrogens is 144 g/mol. The van der Waals surface area contributed by atoms with Crippen LogP contribution in [0.1, 0.15) is 39.5 Å². The smallest absolute Gasteiger partial charge is 0.00141 e. The van der Waals surface area contributed by atoms with Crippen molar-refractivity contribution in [3.63, 3.8) is 0 Å². The third kappa shape index (κ3) is 1.35. The van der Waals surface area contributed by atoms with Gasteiger partial charge >= 0.3 is 0 Å². The van der Waals surface area contributed by atoms with Gasteiger partial charge in [-0.3, -0.25) is 0 Å². The third-order valence-corrected chi connectivity index (χ3v) is 3.34. The van der Waals surface area contributed by atoms with E-state index in [1.165, 1.54) is 31.3 Å². The fourth-order valence-corrected chi connectivity index (χ4v) is 2.55. The highest BCUT2D eigenvalue weighted by atomic mass is 14.3. The summed E-state index contributed by atoms with van der Waals surface area (Å²) in [5.41, 5.74) is 3.21. The van der Waals surface area contributed by atoms with E-state index in [0.29, 0.717) is 0 Å². The molecular formula is C12H18. The average Bonchev–Trinajstić information content (AvgIpc) is 2.43. The van der Waals surface area contributed by atoms with Crippen LogP contribution in [-0.4, -0.2) is 0 Å². The highest BCUT2D eigenvalue weighted by Gasteiger charge is 2.25. The van der Waals surface area contributed by atoms with Crippen molar-refractivity contribution in [1.82, 2.24) is 0 Å². The summed E-state index contributed by atoms with van der Waals surface area (Å²) in [6, 6.07) is 0. The topological polar surface area (TPSA) is 0 Å². The SMILES string of the molecule is CCC1CCC2C=C(C)C=C2C1. The van der Waals surface area contributed by atoms with Crippen LogP contribution in [0.15, 0.2) is 23.3 Å². The van der Waals surface area contributed by atoms with E-state index in [2.05, 4.69) is 26.0 Å². The van der Waals surface area contributed by atoms with Gasteiger partial charge in [-0.25, -0.2) is 0 Å². The predicted octanol–water partition coefficient (Wildman–Crippen LogP) is 3.70. The van der Waals surface area contributed by atoms with E-state index in [-0.39, 0.29) is 0 Å². The number of hydrogen-bond donors (Lipinski definition) is 0. The first-order chi connectivity index (χ1) is 5.79. The van der Waals surface area contributed by atoms with Crippen LogP contribution in [0, 0.1) is 11.8 Å². The molecule has 2 aliphatic rings. The zero-order valence-electron chi connectivity index (χ0n) is 8.14. The van der Waals surface area contributed by atoms with Crippen molar-refractivity contribution in [2.24, 2.45) is 11.8 Å². The summed E-state index contributed by atoms with van der Waals surface area (Å²) < 4.78 is 0. The van der Waals surface area contributed by atoms with Gasteiger partial charge in [0.15, 0.2) is 0 Å². The zero-order chi connectivity index (χ0) is 8.55. The molecule has 2 unspecified atom stereocenters. The minimum atomic E-state index is 0.827. The maximum atomic E-state index is 2.45. The maximum Gasteiger partial charge on any atom is -0.00141 e. The zero-order valence-corrected chi connectivity index (χ0v) is 8.14. The second-order valence-corrected chi connectivity index (χ2v) is 4.29. The van der Waals surface area contributed by atoms with Crippen LogP contribution in [0.25, 0.3) is 0 Å². The van der Waals surface area contributed by atoms with Gasteiger partial charge in [-0.05, 0) is 38.0 Å². The predicted molar refractivity (Wildman–Crippen MR) is 53.0 cm³/mol. The molecule has 0 aromatic heterocycles. The van der Waals surface area contributed by atoms with E-state index in [4.69, 9.17) is 0 Å². The van der Waals surface area contributed by atoms with Crippen LogP contribution in [0.5, 0.6) is 0 Å². The highest BCUT2D eigenvalue weighted by Crippen LogP contribution is 2.39. The Balaban J connectivity index is 2.08.